The first kappa shape index (κ1) is 20.7. The zero-order valence-corrected chi connectivity index (χ0v) is 18.4. The van der Waals surface area contributed by atoms with Crippen LogP contribution in [0.25, 0.3) is 5.76 Å². The Bertz CT molecular complexity index is 1190. The van der Waals surface area contributed by atoms with Crippen molar-refractivity contribution in [2.24, 2.45) is 0 Å². The molecule has 0 bridgehead atoms. The van der Waals surface area contributed by atoms with Gasteiger partial charge < -0.3 is 5.11 Å². The number of carbonyl (C=O) groups is 2. The van der Waals surface area contributed by atoms with Gasteiger partial charge in [-0.1, -0.05) is 75.5 Å². The van der Waals surface area contributed by atoms with Gasteiger partial charge in [-0.3, -0.25) is 14.5 Å². The number of benzene rings is 3. The monoisotopic (exact) mass is 501 g/mol. The SMILES string of the molecule is O=C1C(=O)N(c2cccc(Br)c2)C(c2ccccc2)/C1=C(\O)c1ccc(Cl)c(Cl)c1. The first-order valence-electron chi connectivity index (χ1n) is 8.95. The zero-order valence-electron chi connectivity index (χ0n) is 15.4. The van der Waals surface area contributed by atoms with Crippen molar-refractivity contribution in [2.45, 2.75) is 6.04 Å². The molecular weight excluding hydrogens is 489 g/mol. The van der Waals surface area contributed by atoms with Crippen molar-refractivity contribution in [1.82, 2.24) is 0 Å². The highest BCUT2D eigenvalue weighted by Crippen LogP contribution is 2.42. The molecule has 3 aromatic rings. The Labute approximate surface area is 191 Å². The molecule has 1 aliphatic heterocycles. The van der Waals surface area contributed by atoms with E-state index in [9.17, 15) is 14.7 Å². The van der Waals surface area contributed by atoms with Gasteiger partial charge in [0, 0.05) is 15.7 Å². The van der Waals surface area contributed by atoms with E-state index >= 15 is 0 Å². The molecule has 30 heavy (non-hydrogen) atoms. The number of aliphatic hydroxyl groups is 1. The van der Waals surface area contributed by atoms with Gasteiger partial charge in [-0.25, -0.2) is 0 Å². The fraction of sp³-hybridized carbons (Fsp3) is 0.0435. The number of ketones is 1. The molecule has 0 saturated carbocycles. The van der Waals surface area contributed by atoms with Crippen molar-refractivity contribution in [1.29, 1.82) is 0 Å². The number of hydrogen-bond donors (Lipinski definition) is 1. The van der Waals surface area contributed by atoms with Gasteiger partial charge in [-0.2, -0.15) is 0 Å². The first-order chi connectivity index (χ1) is 14.4. The number of hydrogen-bond acceptors (Lipinski definition) is 3. The molecule has 0 aromatic heterocycles. The summed E-state index contributed by atoms with van der Waals surface area (Å²) in [5, 5.41) is 11.6. The molecule has 1 unspecified atom stereocenters. The molecule has 1 aliphatic rings. The summed E-state index contributed by atoms with van der Waals surface area (Å²) in [4.78, 5) is 27.5. The molecule has 0 radical (unpaired) electrons. The van der Waals surface area contributed by atoms with Gasteiger partial charge >= 0.3 is 0 Å². The largest absolute Gasteiger partial charge is 0.507 e. The minimum absolute atomic E-state index is 0.00966. The van der Waals surface area contributed by atoms with Crippen LogP contribution in [0.4, 0.5) is 5.69 Å². The summed E-state index contributed by atoms with van der Waals surface area (Å²) < 4.78 is 0.762. The summed E-state index contributed by atoms with van der Waals surface area (Å²) in [5.74, 6) is -1.80. The number of carbonyl (C=O) groups excluding carboxylic acids is 2. The van der Waals surface area contributed by atoms with Gasteiger partial charge in [0.2, 0.25) is 0 Å². The molecule has 7 heteroatoms. The van der Waals surface area contributed by atoms with E-state index in [2.05, 4.69) is 15.9 Å². The summed E-state index contributed by atoms with van der Waals surface area (Å²) in [7, 11) is 0. The number of aliphatic hydroxyl groups excluding tert-OH is 1. The highest BCUT2D eigenvalue weighted by atomic mass is 79.9. The maximum absolute atomic E-state index is 13.0. The number of nitrogens with zero attached hydrogens (tertiary/aromatic N) is 1. The van der Waals surface area contributed by atoms with E-state index in [-0.39, 0.29) is 16.4 Å². The van der Waals surface area contributed by atoms with Crippen LogP contribution in [0.2, 0.25) is 10.0 Å². The van der Waals surface area contributed by atoms with E-state index in [1.54, 1.807) is 24.3 Å². The summed E-state index contributed by atoms with van der Waals surface area (Å²) >= 11 is 15.5. The highest BCUT2D eigenvalue weighted by Gasteiger charge is 2.46. The summed E-state index contributed by atoms with van der Waals surface area (Å²) in [6.07, 6.45) is 0. The molecular formula is C23H14BrCl2NO3. The van der Waals surface area contributed by atoms with E-state index in [1.807, 2.05) is 36.4 Å². The molecule has 1 atom stereocenters. The molecule has 4 nitrogen and oxygen atoms in total. The maximum atomic E-state index is 13.0. The van der Waals surface area contributed by atoms with Crippen LogP contribution in [0.3, 0.4) is 0 Å². The molecule has 0 spiro atoms. The summed E-state index contributed by atoms with van der Waals surface area (Å²) in [6, 6.07) is 19.9. The lowest BCUT2D eigenvalue weighted by Gasteiger charge is -2.25. The van der Waals surface area contributed by atoms with Gasteiger partial charge in [0.15, 0.2) is 0 Å². The smallest absolute Gasteiger partial charge is 0.300 e. The molecule has 1 heterocycles. The summed E-state index contributed by atoms with van der Waals surface area (Å²) in [6.45, 7) is 0. The fourth-order valence-corrected chi connectivity index (χ4v) is 4.16. The van der Waals surface area contributed by atoms with Crippen LogP contribution in [0, 0.1) is 0 Å². The van der Waals surface area contributed by atoms with Gasteiger partial charge in [0.1, 0.15) is 5.76 Å². The Morgan fingerprint density at radius 3 is 2.30 bits per heavy atom. The van der Waals surface area contributed by atoms with Crippen LogP contribution < -0.4 is 4.90 Å². The number of anilines is 1. The Kier molecular flexibility index (Phi) is 5.69. The van der Waals surface area contributed by atoms with Crippen molar-refractivity contribution < 1.29 is 14.7 Å². The predicted molar refractivity (Wildman–Crippen MR) is 122 cm³/mol. The second-order valence-electron chi connectivity index (χ2n) is 6.69. The second-order valence-corrected chi connectivity index (χ2v) is 8.42. The third kappa shape index (κ3) is 3.65. The number of halogens is 3. The van der Waals surface area contributed by atoms with Gasteiger partial charge in [0.05, 0.1) is 21.7 Å². The number of Topliss-reactive ketones (excluding diaryl/α,β-unsaturated/α-hetero) is 1. The van der Waals surface area contributed by atoms with Crippen molar-refractivity contribution in [2.75, 3.05) is 4.90 Å². The van der Waals surface area contributed by atoms with E-state index in [4.69, 9.17) is 23.2 Å². The first-order valence-corrected chi connectivity index (χ1v) is 10.5. The van der Waals surface area contributed by atoms with E-state index in [0.29, 0.717) is 21.8 Å². The molecule has 1 amide bonds. The van der Waals surface area contributed by atoms with E-state index in [0.717, 1.165) is 4.47 Å². The molecule has 150 valence electrons. The average Bonchev–Trinajstić information content (AvgIpc) is 3.01. The Balaban J connectivity index is 1.95. The Hall–Kier alpha value is -2.60. The molecule has 0 aliphatic carbocycles. The molecule has 1 saturated heterocycles. The lowest BCUT2D eigenvalue weighted by atomic mass is 9.95. The maximum Gasteiger partial charge on any atom is 0.300 e. The zero-order chi connectivity index (χ0) is 21.4. The third-order valence-electron chi connectivity index (χ3n) is 4.84. The lowest BCUT2D eigenvalue weighted by Crippen LogP contribution is -2.29. The van der Waals surface area contributed by atoms with Crippen molar-refractivity contribution >= 4 is 62.3 Å². The molecule has 1 fully saturated rings. The fourth-order valence-electron chi connectivity index (χ4n) is 3.47. The van der Waals surface area contributed by atoms with E-state index < -0.39 is 17.7 Å². The van der Waals surface area contributed by atoms with Gasteiger partial charge in [0.25, 0.3) is 11.7 Å². The van der Waals surface area contributed by atoms with Crippen LogP contribution in [0.5, 0.6) is 0 Å². The minimum atomic E-state index is -0.796. The minimum Gasteiger partial charge on any atom is -0.507 e. The molecule has 3 aromatic carbocycles. The number of amides is 1. The summed E-state index contributed by atoms with van der Waals surface area (Å²) in [5.41, 5.74) is 1.52. The standard InChI is InChI=1S/C23H14BrCl2NO3/c24-15-7-4-8-16(12-15)27-20(13-5-2-1-3-6-13)19(22(29)23(27)30)21(28)14-9-10-17(25)18(26)11-14/h1-12,20,28H/b21-19+. The Morgan fingerprint density at radius 2 is 1.63 bits per heavy atom. The topological polar surface area (TPSA) is 57.6 Å². The van der Waals surface area contributed by atoms with Crippen LogP contribution in [-0.2, 0) is 9.59 Å². The van der Waals surface area contributed by atoms with E-state index in [1.165, 1.54) is 17.0 Å². The third-order valence-corrected chi connectivity index (χ3v) is 6.07. The quantitative estimate of drug-likeness (QED) is 0.257. The lowest BCUT2D eigenvalue weighted by molar-refractivity contribution is -0.132. The van der Waals surface area contributed by atoms with Crippen LogP contribution in [-0.4, -0.2) is 16.8 Å². The second kappa shape index (κ2) is 8.26. The van der Waals surface area contributed by atoms with Crippen LogP contribution in [0.1, 0.15) is 17.2 Å². The van der Waals surface area contributed by atoms with Crippen molar-refractivity contribution in [3.05, 3.63) is 104 Å². The average molecular weight is 503 g/mol. The molecule has 4 rings (SSSR count). The van der Waals surface area contributed by atoms with Crippen LogP contribution >= 0.6 is 39.1 Å². The van der Waals surface area contributed by atoms with Crippen molar-refractivity contribution in [3.63, 3.8) is 0 Å². The van der Waals surface area contributed by atoms with Gasteiger partial charge in [-0.15, -0.1) is 0 Å². The van der Waals surface area contributed by atoms with Crippen molar-refractivity contribution in [3.8, 4) is 0 Å². The normalized spacial score (nSPS) is 18.1. The molecule has 1 N–H and O–H groups in total. The van der Waals surface area contributed by atoms with Gasteiger partial charge in [-0.05, 0) is 42.0 Å². The Morgan fingerprint density at radius 1 is 0.900 bits per heavy atom. The predicted octanol–water partition coefficient (Wildman–Crippen LogP) is 6.38. The van der Waals surface area contributed by atoms with Crippen LogP contribution in [0.15, 0.2) is 82.8 Å². The highest BCUT2D eigenvalue weighted by molar-refractivity contribution is 9.10. The number of rotatable bonds is 3.